The first kappa shape index (κ1) is 15.5. The number of rotatable bonds is 4. The van der Waals surface area contributed by atoms with Gasteiger partial charge in [-0.15, -0.1) is 6.58 Å². The third-order valence-corrected chi connectivity index (χ3v) is 4.80. The molecule has 0 N–H and O–H groups in total. The molecule has 0 saturated heterocycles. The summed E-state index contributed by atoms with van der Waals surface area (Å²) in [6, 6.07) is 18.0. The van der Waals surface area contributed by atoms with E-state index in [1.807, 2.05) is 59.5 Å². The number of aromatic nitrogens is 1. The molecule has 0 spiro atoms. The summed E-state index contributed by atoms with van der Waals surface area (Å²) in [5.74, 6) is 0.878. The predicted molar refractivity (Wildman–Crippen MR) is 98.9 cm³/mol. The summed E-state index contributed by atoms with van der Waals surface area (Å²) in [4.78, 5) is 14.9. The Bertz CT molecular complexity index is 940. The van der Waals surface area contributed by atoms with E-state index in [9.17, 15) is 4.79 Å². The smallest absolute Gasteiger partial charge is 0.270 e. The number of benzene rings is 2. The van der Waals surface area contributed by atoms with Crippen LogP contribution in [0, 0.1) is 0 Å². The number of amides is 1. The molecule has 4 heteroatoms. The number of carbonyl (C=O) groups is 1. The lowest BCUT2D eigenvalue weighted by Gasteiger charge is -2.33. The Morgan fingerprint density at radius 3 is 2.68 bits per heavy atom. The van der Waals surface area contributed by atoms with Crippen molar-refractivity contribution in [1.29, 1.82) is 0 Å². The van der Waals surface area contributed by atoms with Crippen LogP contribution in [0.15, 0.2) is 67.3 Å². The molecule has 1 aliphatic rings. The van der Waals surface area contributed by atoms with Crippen molar-refractivity contribution in [2.45, 2.75) is 12.6 Å². The maximum absolute atomic E-state index is 13.0. The number of nitrogens with zero attached hydrogens (tertiary/aromatic N) is 2. The molecule has 2 aromatic carbocycles. The number of hydrogen-bond donors (Lipinski definition) is 0. The van der Waals surface area contributed by atoms with Gasteiger partial charge in [0.2, 0.25) is 0 Å². The molecule has 0 unspecified atom stereocenters. The van der Waals surface area contributed by atoms with Crippen molar-refractivity contribution in [2.24, 2.45) is 0 Å². The first-order valence-electron chi connectivity index (χ1n) is 8.36. The summed E-state index contributed by atoms with van der Waals surface area (Å²) in [7, 11) is 1.65. The van der Waals surface area contributed by atoms with Gasteiger partial charge in [0.05, 0.1) is 13.2 Å². The summed E-state index contributed by atoms with van der Waals surface area (Å²) < 4.78 is 7.30. The number of carbonyl (C=O) groups excluding carboxylic acids is 1. The largest absolute Gasteiger partial charge is 0.497 e. The Kier molecular flexibility index (Phi) is 3.80. The molecule has 0 aliphatic carbocycles. The fourth-order valence-corrected chi connectivity index (χ4v) is 3.52. The molecule has 1 atom stereocenters. The van der Waals surface area contributed by atoms with E-state index in [-0.39, 0.29) is 11.9 Å². The molecule has 1 aromatic heterocycles. The van der Waals surface area contributed by atoms with Gasteiger partial charge in [0.15, 0.2) is 0 Å². The van der Waals surface area contributed by atoms with Gasteiger partial charge in [0.1, 0.15) is 11.4 Å². The summed E-state index contributed by atoms with van der Waals surface area (Å²) in [6.45, 7) is 5.19. The van der Waals surface area contributed by atoms with Crippen molar-refractivity contribution < 1.29 is 9.53 Å². The predicted octanol–water partition coefficient (Wildman–Crippen LogP) is 4.03. The van der Waals surface area contributed by atoms with E-state index in [1.165, 1.54) is 0 Å². The maximum Gasteiger partial charge on any atom is 0.270 e. The van der Waals surface area contributed by atoms with Crippen LogP contribution in [-0.4, -0.2) is 29.0 Å². The van der Waals surface area contributed by atoms with Gasteiger partial charge in [-0.3, -0.25) is 4.79 Å². The standard InChI is InChI=1S/C21H20N2O2/c1-3-17-14-22(13-15-8-10-18(25-2)11-9-15)21(24)20-12-16-6-4-5-7-19(16)23(17)20/h3-12,17H,1,13-14H2,2H3/t17-/m1/s1. The number of para-hydroxylation sites is 1. The van der Waals surface area contributed by atoms with Crippen LogP contribution in [0.25, 0.3) is 10.9 Å². The zero-order valence-corrected chi connectivity index (χ0v) is 14.2. The highest BCUT2D eigenvalue weighted by molar-refractivity contribution is 5.99. The Hall–Kier alpha value is -3.01. The first-order chi connectivity index (χ1) is 12.2. The van der Waals surface area contributed by atoms with Crippen molar-refractivity contribution in [2.75, 3.05) is 13.7 Å². The van der Waals surface area contributed by atoms with Crippen LogP contribution in [0.4, 0.5) is 0 Å². The third-order valence-electron chi connectivity index (χ3n) is 4.80. The van der Waals surface area contributed by atoms with Crippen LogP contribution in [0.1, 0.15) is 22.1 Å². The van der Waals surface area contributed by atoms with E-state index in [0.29, 0.717) is 13.1 Å². The van der Waals surface area contributed by atoms with Crippen LogP contribution in [0.2, 0.25) is 0 Å². The molecule has 2 heterocycles. The van der Waals surface area contributed by atoms with Crippen LogP contribution in [0.5, 0.6) is 5.75 Å². The van der Waals surface area contributed by atoms with E-state index in [2.05, 4.69) is 17.2 Å². The van der Waals surface area contributed by atoms with E-state index in [1.54, 1.807) is 7.11 Å². The van der Waals surface area contributed by atoms with Gasteiger partial charge < -0.3 is 14.2 Å². The second-order valence-corrected chi connectivity index (χ2v) is 6.30. The van der Waals surface area contributed by atoms with Crippen molar-refractivity contribution in [3.63, 3.8) is 0 Å². The molecule has 4 rings (SSSR count). The highest BCUT2D eigenvalue weighted by Crippen LogP contribution is 2.31. The second-order valence-electron chi connectivity index (χ2n) is 6.30. The van der Waals surface area contributed by atoms with Gasteiger partial charge in [0, 0.05) is 24.0 Å². The van der Waals surface area contributed by atoms with Crippen LogP contribution < -0.4 is 4.74 Å². The maximum atomic E-state index is 13.0. The van der Waals surface area contributed by atoms with Crippen LogP contribution in [0.3, 0.4) is 0 Å². The van der Waals surface area contributed by atoms with Crippen molar-refractivity contribution in [3.8, 4) is 5.75 Å². The molecule has 126 valence electrons. The Morgan fingerprint density at radius 1 is 1.20 bits per heavy atom. The summed E-state index contributed by atoms with van der Waals surface area (Å²) in [5.41, 5.74) is 2.90. The molecule has 3 aromatic rings. The first-order valence-corrected chi connectivity index (χ1v) is 8.36. The number of ether oxygens (including phenoxy) is 1. The minimum absolute atomic E-state index is 0.0603. The lowest BCUT2D eigenvalue weighted by Crippen LogP contribution is -2.41. The zero-order valence-electron chi connectivity index (χ0n) is 14.2. The molecule has 25 heavy (non-hydrogen) atoms. The molecule has 4 nitrogen and oxygen atoms in total. The second kappa shape index (κ2) is 6.13. The summed E-state index contributed by atoms with van der Waals surface area (Å²) in [6.07, 6.45) is 1.92. The molecule has 0 fully saturated rings. The van der Waals surface area contributed by atoms with Gasteiger partial charge >= 0.3 is 0 Å². The lowest BCUT2D eigenvalue weighted by atomic mass is 10.1. The molecular formula is C21H20N2O2. The molecule has 1 aliphatic heterocycles. The van der Waals surface area contributed by atoms with Gasteiger partial charge in [-0.05, 0) is 29.8 Å². The van der Waals surface area contributed by atoms with Gasteiger partial charge in [-0.1, -0.05) is 36.4 Å². The quantitative estimate of drug-likeness (QED) is 0.676. The van der Waals surface area contributed by atoms with E-state index in [4.69, 9.17) is 4.74 Å². The molecule has 0 saturated carbocycles. The van der Waals surface area contributed by atoms with Crippen molar-refractivity contribution in [3.05, 3.63) is 78.5 Å². The summed E-state index contributed by atoms with van der Waals surface area (Å²) >= 11 is 0. The molecule has 0 bridgehead atoms. The van der Waals surface area contributed by atoms with Gasteiger partial charge in [-0.2, -0.15) is 0 Å². The Labute approximate surface area is 146 Å². The van der Waals surface area contributed by atoms with Crippen molar-refractivity contribution >= 4 is 16.8 Å². The molecule has 1 amide bonds. The Morgan fingerprint density at radius 2 is 1.96 bits per heavy atom. The third kappa shape index (κ3) is 2.60. The average Bonchev–Trinajstić information content (AvgIpc) is 3.05. The highest BCUT2D eigenvalue weighted by atomic mass is 16.5. The molecule has 0 radical (unpaired) electrons. The van der Waals surface area contributed by atoms with E-state index < -0.39 is 0 Å². The number of methoxy groups -OCH3 is 1. The van der Waals surface area contributed by atoms with E-state index >= 15 is 0 Å². The lowest BCUT2D eigenvalue weighted by molar-refractivity contribution is 0.0676. The number of fused-ring (bicyclic) bond motifs is 3. The number of hydrogen-bond acceptors (Lipinski definition) is 2. The monoisotopic (exact) mass is 332 g/mol. The minimum Gasteiger partial charge on any atom is -0.497 e. The Balaban J connectivity index is 1.69. The zero-order chi connectivity index (χ0) is 17.4. The summed E-state index contributed by atoms with van der Waals surface area (Å²) in [5, 5.41) is 1.09. The minimum atomic E-state index is 0.0603. The topological polar surface area (TPSA) is 34.5 Å². The fraction of sp³-hybridized carbons (Fsp3) is 0.190. The van der Waals surface area contributed by atoms with Crippen LogP contribution in [-0.2, 0) is 6.54 Å². The van der Waals surface area contributed by atoms with Gasteiger partial charge in [-0.25, -0.2) is 0 Å². The average molecular weight is 332 g/mol. The van der Waals surface area contributed by atoms with Crippen molar-refractivity contribution in [1.82, 2.24) is 9.47 Å². The molecular weight excluding hydrogens is 312 g/mol. The van der Waals surface area contributed by atoms with Gasteiger partial charge in [0.25, 0.3) is 5.91 Å². The fourth-order valence-electron chi connectivity index (χ4n) is 3.52. The normalized spacial score (nSPS) is 16.8. The highest BCUT2D eigenvalue weighted by Gasteiger charge is 2.31. The SMILES string of the molecule is C=C[C@@H]1CN(Cc2ccc(OC)cc2)C(=O)c2cc3ccccc3n21. The van der Waals surface area contributed by atoms with E-state index in [0.717, 1.165) is 27.9 Å². The van der Waals surface area contributed by atoms with Crippen LogP contribution >= 0.6 is 0 Å².